The molecule has 1 heterocycles. The average molecular weight is 311 g/mol. The predicted molar refractivity (Wildman–Crippen MR) is 89.4 cm³/mol. The van der Waals surface area contributed by atoms with E-state index < -0.39 is 0 Å². The van der Waals surface area contributed by atoms with Crippen LogP contribution in [0.3, 0.4) is 0 Å². The van der Waals surface area contributed by atoms with Crippen molar-refractivity contribution in [1.29, 1.82) is 0 Å². The lowest BCUT2D eigenvalue weighted by atomic mass is 10.1. The minimum Gasteiger partial charge on any atom is -0.415 e. The maximum atomic E-state index is 6.28. The van der Waals surface area contributed by atoms with E-state index in [4.69, 9.17) is 16.0 Å². The molecule has 0 aliphatic rings. The van der Waals surface area contributed by atoms with Crippen molar-refractivity contribution in [1.82, 2.24) is 10.2 Å². The zero-order chi connectivity index (χ0) is 15.5. The summed E-state index contributed by atoms with van der Waals surface area (Å²) in [4.78, 5) is 0. The molecule has 3 rings (SSSR count). The average Bonchev–Trinajstić information content (AvgIpc) is 3.00. The molecule has 22 heavy (non-hydrogen) atoms. The lowest BCUT2D eigenvalue weighted by molar-refractivity contribution is 0.556. The Labute approximate surface area is 134 Å². The molecule has 0 unspecified atom stereocenters. The van der Waals surface area contributed by atoms with E-state index in [2.05, 4.69) is 10.2 Å². The fourth-order valence-electron chi connectivity index (χ4n) is 2.09. The first kappa shape index (κ1) is 14.5. The Kier molecular flexibility index (Phi) is 4.07. The van der Waals surface area contributed by atoms with Crippen LogP contribution in [-0.4, -0.2) is 10.2 Å². The first-order valence-corrected chi connectivity index (χ1v) is 7.34. The lowest BCUT2D eigenvalue weighted by Crippen LogP contribution is -1.79. The van der Waals surface area contributed by atoms with Crippen LogP contribution in [0.15, 0.2) is 52.9 Å². The quantitative estimate of drug-likeness (QED) is 0.676. The van der Waals surface area contributed by atoms with E-state index in [1.165, 1.54) is 5.56 Å². The van der Waals surface area contributed by atoms with Crippen molar-refractivity contribution in [2.24, 2.45) is 0 Å². The Bertz CT molecular complexity index is 819. The number of hydrogen-bond acceptors (Lipinski definition) is 3. The normalized spacial score (nSPS) is 11.7. The third kappa shape index (κ3) is 3.26. The standard InChI is InChI=1S/C18H15ClN2O/c1-12-6-8-14(9-7-12)11-16(19)18-21-20-17(22-18)15-5-3-4-13(2)10-15/h3-11H,1-2H3/b16-11-. The molecule has 0 aliphatic heterocycles. The Balaban J connectivity index is 1.88. The van der Waals surface area contributed by atoms with E-state index in [9.17, 15) is 0 Å². The molecule has 2 aromatic carbocycles. The minimum atomic E-state index is 0.318. The number of nitrogens with zero attached hydrogens (tertiary/aromatic N) is 2. The first-order valence-electron chi connectivity index (χ1n) is 6.96. The molecule has 3 aromatic rings. The zero-order valence-corrected chi connectivity index (χ0v) is 13.1. The van der Waals surface area contributed by atoms with Gasteiger partial charge < -0.3 is 4.42 Å². The summed E-state index contributed by atoms with van der Waals surface area (Å²) in [5, 5.41) is 8.51. The van der Waals surface area contributed by atoms with E-state index in [1.807, 2.05) is 68.5 Å². The fourth-order valence-corrected chi connectivity index (χ4v) is 2.29. The smallest absolute Gasteiger partial charge is 0.259 e. The minimum absolute atomic E-state index is 0.318. The number of aromatic nitrogens is 2. The van der Waals surface area contributed by atoms with Crippen molar-refractivity contribution in [2.45, 2.75) is 13.8 Å². The second-order valence-electron chi connectivity index (χ2n) is 5.18. The lowest BCUT2D eigenvalue weighted by Gasteiger charge is -1.97. The van der Waals surface area contributed by atoms with Gasteiger partial charge in [-0.3, -0.25) is 0 Å². The number of rotatable bonds is 3. The van der Waals surface area contributed by atoms with Crippen LogP contribution in [0.4, 0.5) is 0 Å². The highest BCUT2D eigenvalue weighted by molar-refractivity contribution is 6.50. The molecule has 0 radical (unpaired) electrons. The van der Waals surface area contributed by atoms with Gasteiger partial charge in [0.25, 0.3) is 5.89 Å². The summed E-state index contributed by atoms with van der Waals surface area (Å²) in [6.07, 6.45) is 1.81. The summed E-state index contributed by atoms with van der Waals surface area (Å²) < 4.78 is 5.66. The largest absolute Gasteiger partial charge is 0.415 e. The van der Waals surface area contributed by atoms with Crippen molar-refractivity contribution in [3.8, 4) is 11.5 Å². The maximum absolute atomic E-state index is 6.28. The van der Waals surface area contributed by atoms with Gasteiger partial charge in [-0.05, 0) is 37.6 Å². The van der Waals surface area contributed by atoms with Gasteiger partial charge >= 0.3 is 0 Å². The molecule has 0 bridgehead atoms. The molecule has 3 nitrogen and oxygen atoms in total. The van der Waals surface area contributed by atoms with Crippen LogP contribution in [0, 0.1) is 13.8 Å². The van der Waals surface area contributed by atoms with E-state index in [0.717, 1.165) is 16.7 Å². The highest BCUT2D eigenvalue weighted by Gasteiger charge is 2.11. The van der Waals surface area contributed by atoms with Crippen LogP contribution in [0.2, 0.25) is 0 Å². The first-order chi connectivity index (χ1) is 10.6. The molecule has 0 amide bonds. The highest BCUT2D eigenvalue weighted by atomic mass is 35.5. The van der Waals surface area contributed by atoms with E-state index in [0.29, 0.717) is 16.8 Å². The van der Waals surface area contributed by atoms with Gasteiger partial charge in [0.1, 0.15) is 5.03 Å². The van der Waals surface area contributed by atoms with Gasteiger partial charge in [-0.25, -0.2) is 0 Å². The number of hydrogen-bond donors (Lipinski definition) is 0. The SMILES string of the molecule is Cc1ccc(/C=C(\Cl)c2nnc(-c3cccc(C)c3)o2)cc1. The van der Waals surface area contributed by atoms with Crippen LogP contribution < -0.4 is 0 Å². The van der Waals surface area contributed by atoms with E-state index in [-0.39, 0.29) is 0 Å². The molecule has 0 aliphatic carbocycles. The van der Waals surface area contributed by atoms with Crippen molar-refractivity contribution in [3.63, 3.8) is 0 Å². The summed E-state index contributed by atoms with van der Waals surface area (Å²) >= 11 is 6.28. The molecule has 1 aromatic heterocycles. The highest BCUT2D eigenvalue weighted by Crippen LogP contribution is 2.25. The van der Waals surface area contributed by atoms with Crippen LogP contribution >= 0.6 is 11.6 Å². The molecule has 0 N–H and O–H groups in total. The third-order valence-corrected chi connectivity index (χ3v) is 3.54. The van der Waals surface area contributed by atoms with E-state index in [1.54, 1.807) is 0 Å². The van der Waals surface area contributed by atoms with Crippen molar-refractivity contribution >= 4 is 22.7 Å². The summed E-state index contributed by atoms with van der Waals surface area (Å²) in [6, 6.07) is 16.0. The van der Waals surface area contributed by atoms with Crippen LogP contribution in [0.5, 0.6) is 0 Å². The zero-order valence-electron chi connectivity index (χ0n) is 12.4. The van der Waals surface area contributed by atoms with Gasteiger partial charge in [0.15, 0.2) is 0 Å². The third-order valence-electron chi connectivity index (χ3n) is 3.27. The van der Waals surface area contributed by atoms with Crippen LogP contribution in [0.25, 0.3) is 22.6 Å². The molecule has 0 spiro atoms. The Morgan fingerprint density at radius 2 is 1.77 bits per heavy atom. The maximum Gasteiger partial charge on any atom is 0.259 e. The summed E-state index contributed by atoms with van der Waals surface area (Å²) in [5.41, 5.74) is 4.22. The van der Waals surface area contributed by atoms with E-state index >= 15 is 0 Å². The second-order valence-corrected chi connectivity index (χ2v) is 5.59. The van der Waals surface area contributed by atoms with Gasteiger partial charge in [-0.15, -0.1) is 10.2 Å². The monoisotopic (exact) mass is 310 g/mol. The van der Waals surface area contributed by atoms with Gasteiger partial charge in [-0.2, -0.15) is 0 Å². The Morgan fingerprint density at radius 3 is 2.50 bits per heavy atom. The summed E-state index contributed by atoms with van der Waals surface area (Å²) in [5.74, 6) is 0.785. The topological polar surface area (TPSA) is 38.9 Å². The van der Waals surface area contributed by atoms with Crippen molar-refractivity contribution in [2.75, 3.05) is 0 Å². The van der Waals surface area contributed by atoms with Gasteiger partial charge in [0.05, 0.1) is 0 Å². The Morgan fingerprint density at radius 1 is 1.00 bits per heavy atom. The molecular formula is C18H15ClN2O. The molecule has 0 fully saturated rings. The molecule has 0 atom stereocenters. The fraction of sp³-hybridized carbons (Fsp3) is 0.111. The molecular weight excluding hydrogens is 296 g/mol. The summed E-state index contributed by atoms with van der Waals surface area (Å²) in [7, 11) is 0. The van der Waals surface area contributed by atoms with Crippen LogP contribution in [-0.2, 0) is 0 Å². The number of aryl methyl sites for hydroxylation is 2. The second kappa shape index (κ2) is 6.16. The van der Waals surface area contributed by atoms with Gasteiger partial charge in [0, 0.05) is 5.56 Å². The van der Waals surface area contributed by atoms with Crippen molar-refractivity contribution < 1.29 is 4.42 Å². The number of halogens is 1. The number of benzene rings is 2. The Hall–Kier alpha value is -2.39. The summed E-state index contributed by atoms with van der Waals surface area (Å²) in [6.45, 7) is 4.06. The van der Waals surface area contributed by atoms with Gasteiger partial charge in [0.2, 0.25) is 5.89 Å². The molecule has 0 saturated heterocycles. The molecule has 0 saturated carbocycles. The predicted octanol–water partition coefficient (Wildman–Crippen LogP) is 5.09. The van der Waals surface area contributed by atoms with Crippen LogP contribution in [0.1, 0.15) is 22.6 Å². The van der Waals surface area contributed by atoms with Gasteiger partial charge in [-0.1, -0.05) is 59.1 Å². The van der Waals surface area contributed by atoms with Crippen molar-refractivity contribution in [3.05, 3.63) is 71.1 Å². The molecule has 110 valence electrons. The molecule has 4 heteroatoms.